The Morgan fingerprint density at radius 3 is 2.75 bits per heavy atom. The number of amidine groups is 1. The van der Waals surface area contributed by atoms with Gasteiger partial charge in [0, 0.05) is 12.0 Å². The van der Waals surface area contributed by atoms with Crippen molar-refractivity contribution in [2.24, 2.45) is 22.1 Å². The first-order valence-corrected chi connectivity index (χ1v) is 7.47. The third kappa shape index (κ3) is 2.48. The van der Waals surface area contributed by atoms with Gasteiger partial charge in [0.15, 0.2) is 5.78 Å². The van der Waals surface area contributed by atoms with E-state index in [9.17, 15) is 20.2 Å². The Labute approximate surface area is 137 Å². The number of aliphatic imine (C=N–C) groups is 1. The number of ketones is 1. The van der Waals surface area contributed by atoms with Crippen LogP contribution >= 0.6 is 0 Å². The molecule has 2 aliphatic rings. The van der Waals surface area contributed by atoms with Gasteiger partial charge in [-0.05, 0) is 17.9 Å². The van der Waals surface area contributed by atoms with Crippen molar-refractivity contribution in [3.05, 3.63) is 39.3 Å². The molecule has 8 nitrogen and oxygen atoms in total. The fourth-order valence-corrected chi connectivity index (χ4v) is 3.37. The number of carbonyl (C=O) groups excluding carboxylic acids is 1. The summed E-state index contributed by atoms with van der Waals surface area (Å²) in [6.07, 6.45) is 0.866. The van der Waals surface area contributed by atoms with Crippen LogP contribution in [-0.4, -0.2) is 16.5 Å². The lowest BCUT2D eigenvalue weighted by Crippen LogP contribution is -2.38. The second kappa shape index (κ2) is 5.30. The van der Waals surface area contributed by atoms with Crippen LogP contribution in [0.15, 0.2) is 32.8 Å². The average Bonchev–Trinajstić information content (AvgIpc) is 2.94. The van der Waals surface area contributed by atoms with E-state index in [2.05, 4.69) is 4.99 Å². The summed E-state index contributed by atoms with van der Waals surface area (Å²) in [6.45, 7) is 3.92. The van der Waals surface area contributed by atoms with Crippen LogP contribution < -0.4 is 5.73 Å². The monoisotopic (exact) mass is 328 g/mol. The predicted molar refractivity (Wildman–Crippen MR) is 83.9 cm³/mol. The van der Waals surface area contributed by atoms with Gasteiger partial charge in [0.05, 0.1) is 23.8 Å². The highest BCUT2D eigenvalue weighted by Crippen LogP contribution is 2.47. The Morgan fingerprint density at radius 1 is 1.46 bits per heavy atom. The molecule has 0 spiro atoms. The third-order valence-corrected chi connectivity index (χ3v) is 4.36. The molecule has 1 aliphatic carbocycles. The molecule has 2 atom stereocenters. The average molecular weight is 328 g/mol. The largest absolute Gasteiger partial charge is 0.433 e. The number of nitrogens with two attached hydrogens (primary N) is 1. The van der Waals surface area contributed by atoms with Crippen LogP contribution in [0.4, 0.5) is 5.88 Å². The molecule has 8 heteroatoms. The molecular weight excluding hydrogens is 312 g/mol. The fourth-order valence-electron chi connectivity index (χ4n) is 3.37. The molecule has 1 unspecified atom stereocenters. The highest BCUT2D eigenvalue weighted by molar-refractivity contribution is 6.02. The van der Waals surface area contributed by atoms with Gasteiger partial charge >= 0.3 is 5.88 Å². The van der Waals surface area contributed by atoms with Gasteiger partial charge in [-0.25, -0.2) is 4.99 Å². The summed E-state index contributed by atoms with van der Waals surface area (Å²) >= 11 is 0. The number of carbonyl (C=O) groups is 1. The van der Waals surface area contributed by atoms with Crippen LogP contribution in [0.1, 0.15) is 38.4 Å². The first-order valence-electron chi connectivity index (χ1n) is 7.47. The maximum Gasteiger partial charge on any atom is 0.433 e. The molecule has 0 fully saturated rings. The summed E-state index contributed by atoms with van der Waals surface area (Å²) in [6, 6.07) is 4.67. The van der Waals surface area contributed by atoms with Gasteiger partial charge in [0.1, 0.15) is 22.4 Å². The number of allylic oxidation sites excluding steroid dienone is 2. The molecule has 0 bridgehead atoms. The zero-order valence-electron chi connectivity index (χ0n) is 13.3. The zero-order chi connectivity index (χ0) is 17.6. The van der Waals surface area contributed by atoms with E-state index in [4.69, 9.17) is 10.2 Å². The van der Waals surface area contributed by atoms with Crippen LogP contribution in [-0.2, 0) is 4.79 Å². The maximum atomic E-state index is 12.7. The smallest absolute Gasteiger partial charge is 0.405 e. The van der Waals surface area contributed by atoms with Crippen molar-refractivity contribution in [2.45, 2.75) is 32.6 Å². The molecule has 1 aromatic heterocycles. The Bertz CT molecular complexity index is 841. The standard InChI is InChI=1S/C16H16N4O4/c1-16(2)5-9-14(10(21)6-16)13(8(7-17)15(18)19-9)11-3-4-12(24-11)20(22)23/h3-4,8,13H,5-6H2,1-2H3,(H2,18,19)/t8?,13-/m1/s1. The third-order valence-electron chi connectivity index (χ3n) is 4.36. The van der Waals surface area contributed by atoms with Gasteiger partial charge in [-0.3, -0.25) is 14.9 Å². The first-order chi connectivity index (χ1) is 11.2. The second-order valence-electron chi connectivity index (χ2n) is 6.86. The Hall–Kier alpha value is -2.95. The van der Waals surface area contributed by atoms with Crippen LogP contribution in [0.5, 0.6) is 0 Å². The van der Waals surface area contributed by atoms with E-state index in [1.807, 2.05) is 19.9 Å². The van der Waals surface area contributed by atoms with Crippen molar-refractivity contribution < 1.29 is 14.1 Å². The summed E-state index contributed by atoms with van der Waals surface area (Å²) in [5, 5.41) is 20.3. The van der Waals surface area contributed by atoms with Crippen LogP contribution in [0.2, 0.25) is 0 Å². The van der Waals surface area contributed by atoms with E-state index in [1.165, 1.54) is 12.1 Å². The van der Waals surface area contributed by atoms with Crippen LogP contribution in [0, 0.1) is 32.8 Å². The normalized spacial score (nSPS) is 25.7. The lowest BCUT2D eigenvalue weighted by Gasteiger charge is -2.36. The number of nitriles is 1. The molecule has 0 radical (unpaired) electrons. The summed E-state index contributed by atoms with van der Waals surface area (Å²) in [4.78, 5) is 27.2. The minimum atomic E-state index is -0.889. The van der Waals surface area contributed by atoms with E-state index in [0.717, 1.165) is 0 Å². The summed E-state index contributed by atoms with van der Waals surface area (Å²) in [5.74, 6) is -1.92. The second-order valence-corrected chi connectivity index (χ2v) is 6.86. The molecule has 2 N–H and O–H groups in total. The Kier molecular flexibility index (Phi) is 3.52. The molecule has 24 heavy (non-hydrogen) atoms. The number of nitro groups is 1. The number of nitrogens with zero attached hydrogens (tertiary/aromatic N) is 3. The fraction of sp³-hybridized carbons (Fsp3) is 0.438. The number of rotatable bonds is 2. The topological polar surface area (TPSA) is 136 Å². The molecule has 1 aromatic rings. The van der Waals surface area contributed by atoms with E-state index in [-0.39, 0.29) is 22.8 Å². The Balaban J connectivity index is 2.15. The van der Waals surface area contributed by atoms with Crippen molar-refractivity contribution in [3.8, 4) is 6.07 Å². The van der Waals surface area contributed by atoms with E-state index in [1.54, 1.807) is 0 Å². The summed E-state index contributed by atoms with van der Waals surface area (Å²) in [5.41, 5.74) is 6.61. The number of furan rings is 1. The first kappa shape index (κ1) is 15.9. The van der Waals surface area contributed by atoms with Crippen molar-refractivity contribution in [1.29, 1.82) is 5.26 Å². The van der Waals surface area contributed by atoms with Crippen molar-refractivity contribution in [3.63, 3.8) is 0 Å². The molecule has 124 valence electrons. The summed E-state index contributed by atoms with van der Waals surface area (Å²) in [7, 11) is 0. The molecule has 0 amide bonds. The van der Waals surface area contributed by atoms with Crippen LogP contribution in [0.25, 0.3) is 0 Å². The molecule has 1 aliphatic heterocycles. The number of hydrogen-bond donors (Lipinski definition) is 1. The molecule has 0 aromatic carbocycles. The van der Waals surface area contributed by atoms with Gasteiger partial charge in [-0.2, -0.15) is 5.26 Å². The van der Waals surface area contributed by atoms with E-state index < -0.39 is 22.6 Å². The van der Waals surface area contributed by atoms with Crippen molar-refractivity contribution in [2.75, 3.05) is 0 Å². The SMILES string of the molecule is CC1(C)CC(=O)C2=C(C1)N=C(N)C(C#N)[C@@H]2c1ccc([N+](=O)[O-])o1. The van der Waals surface area contributed by atoms with Gasteiger partial charge < -0.3 is 10.2 Å². The lowest BCUT2D eigenvalue weighted by molar-refractivity contribution is -0.402. The zero-order valence-corrected chi connectivity index (χ0v) is 13.3. The molecule has 0 saturated carbocycles. The highest BCUT2D eigenvalue weighted by atomic mass is 16.6. The lowest BCUT2D eigenvalue weighted by atomic mass is 9.69. The van der Waals surface area contributed by atoms with Crippen molar-refractivity contribution >= 4 is 17.5 Å². The molecule has 2 heterocycles. The van der Waals surface area contributed by atoms with Gasteiger partial charge in [-0.15, -0.1) is 0 Å². The molecule has 3 rings (SSSR count). The maximum absolute atomic E-state index is 12.7. The Morgan fingerprint density at radius 2 is 2.17 bits per heavy atom. The summed E-state index contributed by atoms with van der Waals surface area (Å²) < 4.78 is 5.27. The predicted octanol–water partition coefficient (Wildman–Crippen LogP) is 2.43. The molecular formula is C16H16N4O4. The molecule has 0 saturated heterocycles. The van der Waals surface area contributed by atoms with E-state index >= 15 is 0 Å². The number of hydrogen-bond acceptors (Lipinski definition) is 7. The van der Waals surface area contributed by atoms with Gasteiger partial charge in [0.25, 0.3) is 0 Å². The van der Waals surface area contributed by atoms with Crippen LogP contribution in [0.3, 0.4) is 0 Å². The minimum Gasteiger partial charge on any atom is -0.405 e. The van der Waals surface area contributed by atoms with Gasteiger partial charge in [-0.1, -0.05) is 13.8 Å². The van der Waals surface area contributed by atoms with Crippen molar-refractivity contribution in [1.82, 2.24) is 0 Å². The highest BCUT2D eigenvalue weighted by Gasteiger charge is 2.45. The minimum absolute atomic E-state index is 0.103. The number of Topliss-reactive ketones (excluding diaryl/α,β-unsaturated/α-hetero) is 1. The van der Waals surface area contributed by atoms with E-state index in [0.29, 0.717) is 24.1 Å². The quantitative estimate of drug-likeness (QED) is 0.654. The van der Waals surface area contributed by atoms with Gasteiger partial charge in [0.2, 0.25) is 0 Å².